The van der Waals surface area contributed by atoms with E-state index in [1.807, 2.05) is 0 Å². The van der Waals surface area contributed by atoms with E-state index in [1.54, 1.807) is 6.07 Å². The number of hydrogen-bond acceptors (Lipinski definition) is 5. The van der Waals surface area contributed by atoms with Crippen LogP contribution in [0.5, 0.6) is 0 Å². The molecule has 114 valence electrons. The molecule has 0 atom stereocenters. The molecule has 1 saturated carbocycles. The standard InChI is InChI=1S/C14H15N5O3/c20-14(17-11-3-1-2-4-11)10-5-6-12(13(7-10)19(21)22)18-9-15-8-16-18/h5-9,11H,1-4H2,(H,17,20). The van der Waals surface area contributed by atoms with Crippen molar-refractivity contribution in [3.63, 3.8) is 0 Å². The molecule has 1 heterocycles. The summed E-state index contributed by atoms with van der Waals surface area (Å²) >= 11 is 0. The summed E-state index contributed by atoms with van der Waals surface area (Å²) in [5.41, 5.74) is 0.381. The minimum absolute atomic E-state index is 0.168. The molecule has 3 rings (SSSR count). The summed E-state index contributed by atoms with van der Waals surface area (Å²) < 4.78 is 1.30. The van der Waals surface area contributed by atoms with Crippen LogP contribution in [0.15, 0.2) is 30.9 Å². The summed E-state index contributed by atoms with van der Waals surface area (Å²) in [5.74, 6) is -0.278. The van der Waals surface area contributed by atoms with E-state index in [1.165, 1.54) is 29.5 Å². The Morgan fingerprint density at radius 1 is 1.36 bits per heavy atom. The summed E-state index contributed by atoms with van der Waals surface area (Å²) in [4.78, 5) is 26.7. The predicted molar refractivity (Wildman–Crippen MR) is 77.7 cm³/mol. The van der Waals surface area contributed by atoms with Crippen LogP contribution in [0.4, 0.5) is 5.69 Å². The first-order chi connectivity index (χ1) is 10.6. The van der Waals surface area contributed by atoms with Gasteiger partial charge in [0.1, 0.15) is 18.3 Å². The molecule has 22 heavy (non-hydrogen) atoms. The molecule has 0 unspecified atom stereocenters. The van der Waals surface area contributed by atoms with Gasteiger partial charge in [0, 0.05) is 17.7 Å². The van der Waals surface area contributed by atoms with Gasteiger partial charge < -0.3 is 5.32 Å². The zero-order valence-electron chi connectivity index (χ0n) is 11.8. The van der Waals surface area contributed by atoms with E-state index in [4.69, 9.17) is 0 Å². The second kappa shape index (κ2) is 5.92. The highest BCUT2D eigenvalue weighted by atomic mass is 16.6. The Balaban J connectivity index is 1.88. The van der Waals surface area contributed by atoms with Crippen molar-refractivity contribution in [3.8, 4) is 5.69 Å². The topological polar surface area (TPSA) is 103 Å². The van der Waals surface area contributed by atoms with Gasteiger partial charge in [0.05, 0.1) is 4.92 Å². The zero-order valence-corrected chi connectivity index (χ0v) is 11.8. The normalized spacial score (nSPS) is 14.9. The molecule has 8 nitrogen and oxygen atoms in total. The first-order valence-electron chi connectivity index (χ1n) is 7.09. The highest BCUT2D eigenvalue weighted by Crippen LogP contribution is 2.24. The number of aromatic nitrogens is 3. The molecule has 1 aliphatic rings. The van der Waals surface area contributed by atoms with E-state index in [0.29, 0.717) is 0 Å². The van der Waals surface area contributed by atoms with Crippen LogP contribution in [0.2, 0.25) is 0 Å². The van der Waals surface area contributed by atoms with Crippen LogP contribution in [-0.4, -0.2) is 31.6 Å². The Hall–Kier alpha value is -2.77. The number of nitro benzene ring substituents is 1. The summed E-state index contributed by atoms with van der Waals surface area (Å²) in [6.45, 7) is 0. The number of carbonyl (C=O) groups excluding carboxylic acids is 1. The Labute approximate surface area is 126 Å². The summed E-state index contributed by atoms with van der Waals surface area (Å²) in [5, 5.41) is 18.1. The number of rotatable bonds is 4. The smallest absolute Gasteiger partial charge is 0.295 e. The summed E-state index contributed by atoms with van der Waals surface area (Å²) in [6, 6.07) is 4.52. The Bertz CT molecular complexity index is 693. The van der Waals surface area contributed by atoms with Crippen LogP contribution in [0.3, 0.4) is 0 Å². The van der Waals surface area contributed by atoms with Crippen molar-refractivity contribution >= 4 is 11.6 Å². The lowest BCUT2D eigenvalue weighted by molar-refractivity contribution is -0.384. The molecular formula is C14H15N5O3. The van der Waals surface area contributed by atoms with E-state index in [0.717, 1.165) is 25.7 Å². The van der Waals surface area contributed by atoms with Gasteiger partial charge in [-0.15, -0.1) is 0 Å². The maximum Gasteiger partial charge on any atom is 0.295 e. The Morgan fingerprint density at radius 3 is 2.77 bits per heavy atom. The van der Waals surface area contributed by atoms with Crippen molar-refractivity contribution in [2.45, 2.75) is 31.7 Å². The number of nitrogens with zero attached hydrogens (tertiary/aromatic N) is 4. The molecule has 1 N–H and O–H groups in total. The van der Waals surface area contributed by atoms with E-state index in [-0.39, 0.29) is 28.9 Å². The third-order valence-corrected chi connectivity index (χ3v) is 3.79. The van der Waals surface area contributed by atoms with Crippen molar-refractivity contribution in [2.24, 2.45) is 0 Å². The van der Waals surface area contributed by atoms with Gasteiger partial charge in [0.15, 0.2) is 0 Å². The molecule has 0 aliphatic heterocycles. The molecule has 1 aliphatic carbocycles. The fourth-order valence-corrected chi connectivity index (χ4v) is 2.68. The minimum atomic E-state index is -0.524. The maximum absolute atomic E-state index is 12.2. The quantitative estimate of drug-likeness (QED) is 0.685. The predicted octanol–water partition coefficient (Wildman–Crippen LogP) is 1.85. The monoisotopic (exact) mass is 301 g/mol. The molecule has 1 fully saturated rings. The molecule has 0 spiro atoms. The molecule has 2 aromatic rings. The lowest BCUT2D eigenvalue weighted by Crippen LogP contribution is -2.32. The van der Waals surface area contributed by atoms with Crippen molar-refractivity contribution in [2.75, 3.05) is 0 Å². The van der Waals surface area contributed by atoms with Crippen LogP contribution < -0.4 is 5.32 Å². The number of nitro groups is 1. The average molecular weight is 301 g/mol. The van der Waals surface area contributed by atoms with Crippen LogP contribution >= 0.6 is 0 Å². The van der Waals surface area contributed by atoms with Gasteiger partial charge in [0.25, 0.3) is 11.6 Å². The second-order valence-electron chi connectivity index (χ2n) is 5.26. The fourth-order valence-electron chi connectivity index (χ4n) is 2.68. The van der Waals surface area contributed by atoms with Gasteiger partial charge in [-0.2, -0.15) is 5.10 Å². The molecule has 0 saturated heterocycles. The molecule has 1 aromatic heterocycles. The maximum atomic E-state index is 12.2. The molecule has 1 aromatic carbocycles. The zero-order chi connectivity index (χ0) is 15.5. The number of nitrogens with one attached hydrogen (secondary N) is 1. The highest BCUT2D eigenvalue weighted by molar-refractivity contribution is 5.95. The van der Waals surface area contributed by atoms with Crippen LogP contribution in [0.1, 0.15) is 36.0 Å². The number of amides is 1. The second-order valence-corrected chi connectivity index (χ2v) is 5.26. The molecular weight excluding hydrogens is 286 g/mol. The van der Waals surface area contributed by atoms with Gasteiger partial charge in [-0.3, -0.25) is 14.9 Å². The minimum Gasteiger partial charge on any atom is -0.349 e. The Kier molecular flexibility index (Phi) is 3.82. The van der Waals surface area contributed by atoms with Crippen molar-refractivity contribution < 1.29 is 9.72 Å². The average Bonchev–Trinajstić information content (AvgIpc) is 3.19. The van der Waals surface area contributed by atoms with Gasteiger partial charge >= 0.3 is 0 Å². The number of hydrogen-bond donors (Lipinski definition) is 1. The lowest BCUT2D eigenvalue weighted by Gasteiger charge is -2.12. The summed E-state index contributed by atoms with van der Waals surface area (Å²) in [7, 11) is 0. The first kappa shape index (κ1) is 14.2. The van der Waals surface area contributed by atoms with E-state index in [9.17, 15) is 14.9 Å². The van der Waals surface area contributed by atoms with Crippen LogP contribution in [-0.2, 0) is 0 Å². The first-order valence-corrected chi connectivity index (χ1v) is 7.09. The largest absolute Gasteiger partial charge is 0.349 e. The van der Waals surface area contributed by atoms with Crippen LogP contribution in [0.25, 0.3) is 5.69 Å². The van der Waals surface area contributed by atoms with E-state index in [2.05, 4.69) is 15.4 Å². The summed E-state index contributed by atoms with van der Waals surface area (Å²) in [6.07, 6.45) is 6.81. The molecule has 1 amide bonds. The van der Waals surface area contributed by atoms with Gasteiger partial charge in [-0.25, -0.2) is 9.67 Å². The van der Waals surface area contributed by atoms with Crippen molar-refractivity contribution in [1.82, 2.24) is 20.1 Å². The van der Waals surface area contributed by atoms with E-state index < -0.39 is 4.92 Å². The van der Waals surface area contributed by atoms with Gasteiger partial charge in [0.2, 0.25) is 0 Å². The van der Waals surface area contributed by atoms with E-state index >= 15 is 0 Å². The number of benzene rings is 1. The fraction of sp³-hybridized carbons (Fsp3) is 0.357. The third-order valence-electron chi connectivity index (χ3n) is 3.79. The molecule has 8 heteroatoms. The van der Waals surface area contributed by atoms with Crippen molar-refractivity contribution in [3.05, 3.63) is 46.5 Å². The van der Waals surface area contributed by atoms with Crippen molar-refractivity contribution in [1.29, 1.82) is 0 Å². The molecule has 0 radical (unpaired) electrons. The number of carbonyl (C=O) groups is 1. The van der Waals surface area contributed by atoms with Gasteiger partial charge in [-0.1, -0.05) is 12.8 Å². The Morgan fingerprint density at radius 2 is 2.14 bits per heavy atom. The SMILES string of the molecule is O=C(NC1CCCC1)c1ccc(-n2cncn2)c([N+](=O)[O-])c1. The van der Waals surface area contributed by atoms with Gasteiger partial charge in [-0.05, 0) is 25.0 Å². The lowest BCUT2D eigenvalue weighted by atomic mass is 10.1. The molecule has 0 bridgehead atoms. The highest BCUT2D eigenvalue weighted by Gasteiger charge is 2.22. The third kappa shape index (κ3) is 2.80. The van der Waals surface area contributed by atoms with Crippen LogP contribution in [0, 0.1) is 10.1 Å².